The first kappa shape index (κ1) is 14.3. The van der Waals surface area contributed by atoms with Crippen molar-refractivity contribution in [1.29, 1.82) is 0 Å². The number of rotatable bonds is 5. The van der Waals surface area contributed by atoms with Gasteiger partial charge in [-0.1, -0.05) is 0 Å². The van der Waals surface area contributed by atoms with E-state index >= 15 is 0 Å². The van der Waals surface area contributed by atoms with Gasteiger partial charge >= 0.3 is 0 Å². The van der Waals surface area contributed by atoms with Crippen LogP contribution in [0.3, 0.4) is 0 Å². The summed E-state index contributed by atoms with van der Waals surface area (Å²) in [5.74, 6) is 0.562. The van der Waals surface area contributed by atoms with Gasteiger partial charge in [0.05, 0.1) is 29.2 Å². The fourth-order valence-electron chi connectivity index (χ4n) is 1.91. The molecular weight excluding hydrogens is 310 g/mol. The Bertz CT molecular complexity index is 548. The van der Waals surface area contributed by atoms with Crippen LogP contribution in [0.1, 0.15) is 23.1 Å². The van der Waals surface area contributed by atoms with Gasteiger partial charge in [-0.3, -0.25) is 4.68 Å². The molecule has 2 rings (SSSR count). The van der Waals surface area contributed by atoms with Gasteiger partial charge in [0.1, 0.15) is 5.76 Å². The molecule has 0 aromatic carbocycles. The molecule has 0 aliphatic rings. The van der Waals surface area contributed by atoms with Crippen LogP contribution in [0, 0.1) is 6.92 Å². The quantitative estimate of drug-likeness (QED) is 0.914. The lowest BCUT2D eigenvalue weighted by molar-refractivity contribution is 0.175. The molecule has 2 aromatic heterocycles. The number of nitrogens with zero attached hydrogens (tertiary/aromatic N) is 3. The monoisotopic (exact) mass is 327 g/mol. The lowest BCUT2D eigenvalue weighted by Gasteiger charge is -2.15. The topological polar surface area (TPSA) is 54.4 Å². The number of hydrogen-bond acceptors (Lipinski definition) is 4. The Labute approximate surface area is 121 Å². The lowest BCUT2D eigenvalue weighted by Crippen LogP contribution is -2.21. The Kier molecular flexibility index (Phi) is 4.44. The SMILES string of the molecule is Cc1ccoc1C(O)c1c(Br)cnn1CCN(C)C. The minimum absolute atomic E-state index is 0.562. The van der Waals surface area contributed by atoms with Gasteiger partial charge in [0, 0.05) is 6.54 Å². The first-order chi connectivity index (χ1) is 9.00. The second-order valence-electron chi connectivity index (χ2n) is 4.77. The van der Waals surface area contributed by atoms with Crippen molar-refractivity contribution in [2.24, 2.45) is 0 Å². The zero-order valence-electron chi connectivity index (χ0n) is 11.3. The average molecular weight is 328 g/mol. The van der Waals surface area contributed by atoms with E-state index in [1.807, 2.05) is 27.1 Å². The predicted molar refractivity (Wildman–Crippen MR) is 76.0 cm³/mol. The van der Waals surface area contributed by atoms with Gasteiger partial charge < -0.3 is 14.4 Å². The molecule has 6 heteroatoms. The van der Waals surface area contributed by atoms with E-state index in [0.717, 1.165) is 22.3 Å². The van der Waals surface area contributed by atoms with Crippen LogP contribution in [-0.2, 0) is 6.54 Å². The third-order valence-corrected chi connectivity index (χ3v) is 3.61. The molecule has 0 amide bonds. The number of hydrogen-bond donors (Lipinski definition) is 1. The summed E-state index contributed by atoms with van der Waals surface area (Å²) in [6, 6.07) is 1.84. The Morgan fingerprint density at radius 1 is 1.53 bits per heavy atom. The Balaban J connectivity index is 2.28. The maximum absolute atomic E-state index is 10.5. The molecule has 0 radical (unpaired) electrons. The van der Waals surface area contributed by atoms with Crippen molar-refractivity contribution in [1.82, 2.24) is 14.7 Å². The summed E-state index contributed by atoms with van der Waals surface area (Å²) >= 11 is 3.44. The summed E-state index contributed by atoms with van der Waals surface area (Å²) < 4.78 is 7.95. The largest absolute Gasteiger partial charge is 0.466 e. The van der Waals surface area contributed by atoms with Crippen molar-refractivity contribution in [3.8, 4) is 0 Å². The molecule has 5 nitrogen and oxygen atoms in total. The van der Waals surface area contributed by atoms with Crippen LogP contribution >= 0.6 is 15.9 Å². The predicted octanol–water partition coefficient (Wildman–Crippen LogP) is 2.19. The summed E-state index contributed by atoms with van der Waals surface area (Å²) in [5, 5.41) is 14.8. The van der Waals surface area contributed by atoms with Gasteiger partial charge in [-0.05, 0) is 48.6 Å². The minimum Gasteiger partial charge on any atom is -0.466 e. The van der Waals surface area contributed by atoms with Crippen molar-refractivity contribution in [3.05, 3.63) is 40.0 Å². The second-order valence-corrected chi connectivity index (χ2v) is 5.63. The van der Waals surface area contributed by atoms with Crippen LogP contribution in [0.5, 0.6) is 0 Å². The molecule has 0 saturated heterocycles. The maximum atomic E-state index is 10.5. The van der Waals surface area contributed by atoms with Gasteiger partial charge in [0.25, 0.3) is 0 Å². The smallest absolute Gasteiger partial charge is 0.154 e. The summed E-state index contributed by atoms with van der Waals surface area (Å²) in [6.07, 6.45) is 2.48. The number of likely N-dealkylation sites (N-methyl/N-ethyl adjacent to an activating group) is 1. The Morgan fingerprint density at radius 3 is 2.84 bits per heavy atom. The molecule has 1 unspecified atom stereocenters. The molecule has 0 fully saturated rings. The second kappa shape index (κ2) is 5.90. The van der Waals surface area contributed by atoms with Crippen LogP contribution < -0.4 is 0 Å². The zero-order chi connectivity index (χ0) is 14.0. The highest BCUT2D eigenvalue weighted by atomic mass is 79.9. The Morgan fingerprint density at radius 2 is 2.26 bits per heavy atom. The van der Waals surface area contributed by atoms with Gasteiger partial charge in [0.2, 0.25) is 0 Å². The van der Waals surface area contributed by atoms with Crippen LogP contribution in [-0.4, -0.2) is 40.4 Å². The van der Waals surface area contributed by atoms with Crippen molar-refractivity contribution >= 4 is 15.9 Å². The molecule has 0 aliphatic carbocycles. The summed E-state index contributed by atoms with van der Waals surface area (Å²) in [5.41, 5.74) is 1.65. The van der Waals surface area contributed by atoms with Crippen molar-refractivity contribution in [2.75, 3.05) is 20.6 Å². The van der Waals surface area contributed by atoms with E-state index in [1.165, 1.54) is 0 Å². The molecule has 0 aliphatic heterocycles. The lowest BCUT2D eigenvalue weighted by atomic mass is 10.1. The molecular formula is C13H18BrN3O2. The van der Waals surface area contributed by atoms with Gasteiger partial charge in [-0.15, -0.1) is 0 Å². The number of aromatic nitrogens is 2. The maximum Gasteiger partial charge on any atom is 0.154 e. The average Bonchev–Trinajstić information content (AvgIpc) is 2.92. The molecule has 0 spiro atoms. The van der Waals surface area contributed by atoms with E-state index in [0.29, 0.717) is 12.3 Å². The van der Waals surface area contributed by atoms with Crippen LogP contribution in [0.2, 0.25) is 0 Å². The van der Waals surface area contributed by atoms with E-state index < -0.39 is 6.10 Å². The van der Waals surface area contributed by atoms with Gasteiger partial charge in [-0.2, -0.15) is 5.10 Å². The highest BCUT2D eigenvalue weighted by molar-refractivity contribution is 9.10. The van der Waals surface area contributed by atoms with E-state index in [9.17, 15) is 5.11 Å². The van der Waals surface area contributed by atoms with E-state index in [-0.39, 0.29) is 0 Å². The molecule has 0 bridgehead atoms. The standard InChI is InChI=1S/C13H18BrN3O2/c1-9-4-7-19-13(9)12(18)11-10(14)8-15-17(11)6-5-16(2)3/h4,7-8,12,18H,5-6H2,1-3H3. The molecule has 1 atom stereocenters. The Hall–Kier alpha value is -1.11. The number of aryl methyl sites for hydroxylation is 1. The van der Waals surface area contributed by atoms with Gasteiger partial charge in [-0.25, -0.2) is 0 Å². The number of aliphatic hydroxyl groups is 1. The van der Waals surface area contributed by atoms with E-state index in [2.05, 4.69) is 25.9 Å². The molecule has 19 heavy (non-hydrogen) atoms. The molecule has 2 heterocycles. The first-order valence-corrected chi connectivity index (χ1v) is 6.88. The molecule has 0 saturated carbocycles. The fourth-order valence-corrected chi connectivity index (χ4v) is 2.42. The molecule has 2 aromatic rings. The minimum atomic E-state index is -0.811. The van der Waals surface area contributed by atoms with E-state index in [1.54, 1.807) is 17.1 Å². The number of furan rings is 1. The summed E-state index contributed by atoms with van der Waals surface area (Å²) in [4.78, 5) is 2.07. The van der Waals surface area contributed by atoms with Crippen molar-refractivity contribution < 1.29 is 9.52 Å². The molecule has 1 N–H and O–H groups in total. The van der Waals surface area contributed by atoms with Crippen LogP contribution in [0.25, 0.3) is 0 Å². The first-order valence-electron chi connectivity index (χ1n) is 6.08. The number of aliphatic hydroxyl groups excluding tert-OH is 1. The number of halogens is 1. The highest BCUT2D eigenvalue weighted by Gasteiger charge is 2.23. The van der Waals surface area contributed by atoms with Gasteiger partial charge in [0.15, 0.2) is 6.10 Å². The fraction of sp³-hybridized carbons (Fsp3) is 0.462. The molecule has 104 valence electrons. The van der Waals surface area contributed by atoms with Crippen LogP contribution in [0.4, 0.5) is 0 Å². The zero-order valence-corrected chi connectivity index (χ0v) is 12.9. The highest BCUT2D eigenvalue weighted by Crippen LogP contribution is 2.30. The summed E-state index contributed by atoms with van der Waals surface area (Å²) in [6.45, 7) is 3.48. The van der Waals surface area contributed by atoms with Crippen molar-refractivity contribution in [2.45, 2.75) is 19.6 Å². The van der Waals surface area contributed by atoms with Crippen LogP contribution in [0.15, 0.2) is 27.4 Å². The van der Waals surface area contributed by atoms with Crippen molar-refractivity contribution in [3.63, 3.8) is 0 Å². The van der Waals surface area contributed by atoms with E-state index in [4.69, 9.17) is 4.42 Å². The normalized spacial score (nSPS) is 13.2. The third kappa shape index (κ3) is 3.08. The summed E-state index contributed by atoms with van der Waals surface area (Å²) in [7, 11) is 4.01. The third-order valence-electron chi connectivity index (χ3n) is 3.00.